The maximum Gasteiger partial charge on any atom is 0.490 e. The fourth-order valence-corrected chi connectivity index (χ4v) is 0.871. The summed E-state index contributed by atoms with van der Waals surface area (Å²) in [7, 11) is 0. The molecule has 0 bridgehead atoms. The molecule has 0 saturated carbocycles. The topological polar surface area (TPSA) is 38.3 Å². The Labute approximate surface area is 87.0 Å². The van der Waals surface area contributed by atoms with E-state index in [2.05, 4.69) is 10.1 Å². The molecule has 3 nitrogen and oxygen atoms in total. The van der Waals surface area contributed by atoms with Gasteiger partial charge in [-0.25, -0.2) is 4.79 Å². The molecule has 0 aromatic heterocycles. The van der Waals surface area contributed by atoms with Crippen molar-refractivity contribution in [2.75, 3.05) is 19.7 Å². The van der Waals surface area contributed by atoms with Crippen LogP contribution >= 0.6 is 0 Å². The van der Waals surface area contributed by atoms with Crippen LogP contribution in [0.5, 0.6) is 0 Å². The highest BCUT2D eigenvalue weighted by atomic mass is 19.4. The summed E-state index contributed by atoms with van der Waals surface area (Å²) in [5.41, 5.74) is 0. The van der Waals surface area contributed by atoms with E-state index in [0.717, 1.165) is 19.4 Å². The molecule has 0 aromatic carbocycles. The first-order chi connectivity index (χ1) is 6.98. The predicted octanol–water partition coefficient (Wildman–Crippen LogP) is 1.87. The normalized spacial score (nSPS) is 11.5. The van der Waals surface area contributed by atoms with Gasteiger partial charge in [-0.15, -0.1) is 0 Å². The molecule has 0 rings (SSSR count). The average molecular weight is 227 g/mol. The number of rotatable bonds is 7. The fraction of sp³-hybridized carbons (Fsp3) is 0.889. The highest BCUT2D eigenvalue weighted by molar-refractivity contribution is 5.75. The predicted molar refractivity (Wildman–Crippen MR) is 49.4 cm³/mol. The second kappa shape index (κ2) is 7.50. The average Bonchev–Trinajstić information content (AvgIpc) is 2.14. The Bertz CT molecular complexity index is 183. The van der Waals surface area contributed by atoms with E-state index in [9.17, 15) is 18.0 Å². The van der Waals surface area contributed by atoms with Gasteiger partial charge in [-0.3, -0.25) is 0 Å². The Morgan fingerprint density at radius 2 is 1.87 bits per heavy atom. The number of ether oxygens (including phenoxy) is 1. The van der Waals surface area contributed by atoms with Crippen molar-refractivity contribution in [3.05, 3.63) is 0 Å². The zero-order chi connectivity index (χ0) is 11.7. The molecule has 6 heteroatoms. The lowest BCUT2D eigenvalue weighted by atomic mass is 10.3. The first-order valence-electron chi connectivity index (χ1n) is 4.93. The van der Waals surface area contributed by atoms with Crippen LogP contribution in [0.25, 0.3) is 0 Å². The lowest BCUT2D eigenvalue weighted by Gasteiger charge is -2.07. The van der Waals surface area contributed by atoms with Crippen molar-refractivity contribution in [3.8, 4) is 0 Å². The van der Waals surface area contributed by atoms with Gasteiger partial charge in [0.2, 0.25) is 0 Å². The number of nitrogens with one attached hydrogen (secondary N) is 1. The molecule has 0 atom stereocenters. The van der Waals surface area contributed by atoms with Crippen LogP contribution in [0.1, 0.15) is 26.2 Å². The summed E-state index contributed by atoms with van der Waals surface area (Å²) in [5, 5.41) is 3.03. The molecular weight excluding hydrogens is 211 g/mol. The van der Waals surface area contributed by atoms with Crippen LogP contribution in [-0.2, 0) is 9.53 Å². The summed E-state index contributed by atoms with van der Waals surface area (Å²) in [6.07, 6.45) is -2.39. The highest BCUT2D eigenvalue weighted by Gasteiger charge is 2.40. The van der Waals surface area contributed by atoms with E-state index < -0.39 is 12.1 Å². The number of alkyl halides is 3. The lowest BCUT2D eigenvalue weighted by Crippen LogP contribution is -2.26. The van der Waals surface area contributed by atoms with Gasteiger partial charge in [0, 0.05) is 0 Å². The van der Waals surface area contributed by atoms with Crippen LogP contribution in [0.2, 0.25) is 0 Å². The third-order valence-corrected chi connectivity index (χ3v) is 1.67. The molecule has 0 unspecified atom stereocenters. The summed E-state index contributed by atoms with van der Waals surface area (Å²) < 4.78 is 38.9. The van der Waals surface area contributed by atoms with E-state index in [-0.39, 0.29) is 6.61 Å². The Hall–Kier alpha value is -0.780. The second-order valence-corrected chi connectivity index (χ2v) is 3.09. The zero-order valence-corrected chi connectivity index (χ0v) is 8.69. The minimum Gasteiger partial charge on any atom is -0.459 e. The Morgan fingerprint density at radius 1 is 1.27 bits per heavy atom. The van der Waals surface area contributed by atoms with Crippen LogP contribution in [0.3, 0.4) is 0 Å². The second-order valence-electron chi connectivity index (χ2n) is 3.09. The van der Waals surface area contributed by atoms with Crippen molar-refractivity contribution in [2.45, 2.75) is 32.4 Å². The third-order valence-electron chi connectivity index (χ3n) is 1.67. The molecule has 0 aliphatic carbocycles. The third kappa shape index (κ3) is 8.23. The summed E-state index contributed by atoms with van der Waals surface area (Å²) in [4.78, 5) is 10.2. The van der Waals surface area contributed by atoms with E-state index in [4.69, 9.17) is 0 Å². The molecule has 0 aliphatic rings. The van der Waals surface area contributed by atoms with Crippen LogP contribution in [0, 0.1) is 0 Å². The molecule has 1 N–H and O–H groups in total. The molecule has 0 saturated heterocycles. The first-order valence-corrected chi connectivity index (χ1v) is 4.93. The number of halogens is 3. The van der Waals surface area contributed by atoms with E-state index >= 15 is 0 Å². The van der Waals surface area contributed by atoms with Gasteiger partial charge in [0.15, 0.2) is 0 Å². The van der Waals surface area contributed by atoms with Gasteiger partial charge in [0.05, 0.1) is 6.61 Å². The van der Waals surface area contributed by atoms with Crippen LogP contribution in [0.15, 0.2) is 0 Å². The van der Waals surface area contributed by atoms with E-state index in [1.54, 1.807) is 0 Å². The summed E-state index contributed by atoms with van der Waals surface area (Å²) in [6, 6.07) is 0. The number of esters is 1. The molecule has 0 aromatic rings. The quantitative estimate of drug-likeness (QED) is 0.533. The van der Waals surface area contributed by atoms with Gasteiger partial charge in [-0.1, -0.05) is 13.3 Å². The number of hydrogen-bond donors (Lipinski definition) is 1. The van der Waals surface area contributed by atoms with Crippen molar-refractivity contribution in [2.24, 2.45) is 0 Å². The van der Waals surface area contributed by atoms with E-state index in [1.165, 1.54) is 0 Å². The Kier molecular flexibility index (Phi) is 7.11. The van der Waals surface area contributed by atoms with Gasteiger partial charge in [-0.2, -0.15) is 13.2 Å². The lowest BCUT2D eigenvalue weighted by molar-refractivity contribution is -0.199. The molecular formula is C9H16F3NO2. The molecule has 90 valence electrons. The summed E-state index contributed by atoms with van der Waals surface area (Å²) >= 11 is 0. The van der Waals surface area contributed by atoms with Crippen molar-refractivity contribution >= 4 is 5.97 Å². The molecule has 0 aliphatic heterocycles. The van der Waals surface area contributed by atoms with Gasteiger partial charge in [-0.05, 0) is 25.9 Å². The SMILES string of the molecule is CCCCNCCCOC(=O)C(F)(F)F. The van der Waals surface area contributed by atoms with E-state index in [1.807, 2.05) is 6.92 Å². The molecule has 0 amide bonds. The smallest absolute Gasteiger partial charge is 0.459 e. The maximum atomic E-state index is 11.6. The molecule has 0 fully saturated rings. The molecule has 0 radical (unpaired) electrons. The first kappa shape index (κ1) is 14.2. The number of unbranched alkanes of at least 4 members (excludes halogenated alkanes) is 1. The van der Waals surface area contributed by atoms with E-state index in [0.29, 0.717) is 13.0 Å². The number of carbonyl (C=O) groups excluding carboxylic acids is 1. The number of carbonyl (C=O) groups is 1. The highest BCUT2D eigenvalue weighted by Crippen LogP contribution is 2.16. The van der Waals surface area contributed by atoms with Crippen molar-refractivity contribution in [1.82, 2.24) is 5.32 Å². The zero-order valence-electron chi connectivity index (χ0n) is 8.69. The van der Waals surface area contributed by atoms with Crippen LogP contribution in [0.4, 0.5) is 13.2 Å². The molecule has 0 spiro atoms. The van der Waals surface area contributed by atoms with Gasteiger partial charge < -0.3 is 10.1 Å². The fourth-order valence-electron chi connectivity index (χ4n) is 0.871. The summed E-state index contributed by atoms with van der Waals surface area (Å²) in [6.45, 7) is 3.25. The minimum atomic E-state index is -4.88. The van der Waals surface area contributed by atoms with Gasteiger partial charge in [0.25, 0.3) is 0 Å². The van der Waals surface area contributed by atoms with Crippen molar-refractivity contribution < 1.29 is 22.7 Å². The van der Waals surface area contributed by atoms with Crippen molar-refractivity contribution in [3.63, 3.8) is 0 Å². The Balaban J connectivity index is 3.28. The standard InChI is InChI=1S/C9H16F3NO2/c1-2-3-5-13-6-4-7-15-8(14)9(10,11)12/h13H,2-7H2,1H3. The van der Waals surface area contributed by atoms with Crippen LogP contribution in [-0.4, -0.2) is 31.8 Å². The van der Waals surface area contributed by atoms with Gasteiger partial charge >= 0.3 is 12.1 Å². The largest absolute Gasteiger partial charge is 0.490 e. The van der Waals surface area contributed by atoms with Gasteiger partial charge in [0.1, 0.15) is 0 Å². The monoisotopic (exact) mass is 227 g/mol. The molecule has 15 heavy (non-hydrogen) atoms. The molecule has 0 heterocycles. The maximum absolute atomic E-state index is 11.6. The minimum absolute atomic E-state index is 0.197. The number of hydrogen-bond acceptors (Lipinski definition) is 3. The van der Waals surface area contributed by atoms with Crippen LogP contribution < -0.4 is 5.32 Å². The van der Waals surface area contributed by atoms with Crippen molar-refractivity contribution in [1.29, 1.82) is 0 Å². The Morgan fingerprint density at radius 3 is 2.40 bits per heavy atom. The summed E-state index contributed by atoms with van der Waals surface area (Å²) in [5.74, 6) is -2.11.